The molecule has 0 saturated heterocycles. The summed E-state index contributed by atoms with van der Waals surface area (Å²) in [7, 11) is 3.48. The Morgan fingerprint density at radius 2 is 1.59 bits per heavy atom. The summed E-state index contributed by atoms with van der Waals surface area (Å²) >= 11 is 3.55. The van der Waals surface area contributed by atoms with Crippen molar-refractivity contribution in [3.8, 4) is 28.1 Å². The number of hydrogen-bond acceptors (Lipinski definition) is 3. The van der Waals surface area contributed by atoms with Crippen molar-refractivity contribution in [2.45, 2.75) is 0 Å². The number of amides is 2. The zero-order valence-electron chi connectivity index (χ0n) is 17.4. The summed E-state index contributed by atoms with van der Waals surface area (Å²) in [5.41, 5.74) is 4.72. The van der Waals surface area contributed by atoms with Gasteiger partial charge in [0.05, 0.1) is 23.5 Å². The summed E-state index contributed by atoms with van der Waals surface area (Å²) in [5, 5.41) is 9.87. The average molecular weight is 495 g/mol. The Bertz CT molecular complexity index is 1230. The monoisotopic (exact) mass is 494 g/mol. The quantitative estimate of drug-likeness (QED) is 0.341. The molecule has 6 nitrogen and oxygen atoms in total. The lowest BCUT2D eigenvalue weighted by molar-refractivity contribution is 0.262. The number of nitrogens with one attached hydrogen (secondary N) is 2. The summed E-state index contributed by atoms with van der Waals surface area (Å²) < 4.78 is 21.0. The second-order valence-electron chi connectivity index (χ2n) is 7.08. The number of carbonyl (C=O) groups excluding carboxylic acids is 1. The number of aryl methyl sites for hydroxylation is 1. The van der Waals surface area contributed by atoms with Crippen molar-refractivity contribution in [2.24, 2.45) is 7.05 Å². The highest BCUT2D eigenvalue weighted by Crippen LogP contribution is 2.34. The zero-order valence-corrected chi connectivity index (χ0v) is 19.0. The number of benzene rings is 3. The molecule has 0 unspecified atom stereocenters. The van der Waals surface area contributed by atoms with E-state index < -0.39 is 6.03 Å². The molecule has 0 bridgehead atoms. The maximum absolute atomic E-state index is 13.1. The Morgan fingerprint density at radius 1 is 0.938 bits per heavy atom. The van der Waals surface area contributed by atoms with Crippen molar-refractivity contribution >= 4 is 33.3 Å². The molecule has 1 aromatic heterocycles. The number of anilines is 2. The van der Waals surface area contributed by atoms with Gasteiger partial charge in [0.25, 0.3) is 0 Å². The molecule has 3 aromatic carbocycles. The number of nitrogens with zero attached hydrogens (tertiary/aromatic N) is 2. The maximum Gasteiger partial charge on any atom is 0.323 e. The predicted octanol–water partition coefficient (Wildman–Crippen LogP) is 6.31. The third-order valence-electron chi connectivity index (χ3n) is 4.88. The number of aromatic nitrogens is 2. The number of halogens is 2. The zero-order chi connectivity index (χ0) is 22.7. The van der Waals surface area contributed by atoms with Crippen molar-refractivity contribution in [3.05, 3.63) is 83.2 Å². The highest BCUT2D eigenvalue weighted by Gasteiger charge is 2.13. The summed E-state index contributed by atoms with van der Waals surface area (Å²) in [6.07, 6.45) is 1.73. The molecule has 4 aromatic rings. The first-order valence-electron chi connectivity index (χ1n) is 9.74. The number of urea groups is 1. The van der Waals surface area contributed by atoms with E-state index in [2.05, 4.69) is 31.7 Å². The molecule has 32 heavy (non-hydrogen) atoms. The third kappa shape index (κ3) is 4.81. The SMILES string of the molecule is COc1ccc(-c2cc(NC(=O)Nc3ccc(F)cc3)cc(-c3c(Br)cnn3C)c2)cc1. The van der Waals surface area contributed by atoms with Gasteiger partial charge in [-0.15, -0.1) is 0 Å². The van der Waals surface area contributed by atoms with Gasteiger partial charge in [0.1, 0.15) is 11.6 Å². The Hall–Kier alpha value is -3.65. The molecule has 1 heterocycles. The minimum Gasteiger partial charge on any atom is -0.497 e. The lowest BCUT2D eigenvalue weighted by atomic mass is 10.0. The Kier molecular flexibility index (Phi) is 6.23. The van der Waals surface area contributed by atoms with Gasteiger partial charge in [0.2, 0.25) is 0 Å². The van der Waals surface area contributed by atoms with Crippen LogP contribution in [0.2, 0.25) is 0 Å². The van der Waals surface area contributed by atoms with E-state index in [1.54, 1.807) is 18.0 Å². The molecule has 0 saturated carbocycles. The minimum absolute atomic E-state index is 0.366. The summed E-state index contributed by atoms with van der Waals surface area (Å²) in [6, 6.07) is 18.6. The van der Waals surface area contributed by atoms with Gasteiger partial charge in [0.15, 0.2) is 0 Å². The van der Waals surface area contributed by atoms with E-state index in [0.29, 0.717) is 11.4 Å². The van der Waals surface area contributed by atoms with Gasteiger partial charge < -0.3 is 15.4 Å². The van der Waals surface area contributed by atoms with Gasteiger partial charge in [-0.25, -0.2) is 9.18 Å². The summed E-state index contributed by atoms with van der Waals surface area (Å²) in [5.74, 6) is 0.394. The molecule has 4 rings (SSSR count). The molecular formula is C24H20BrFN4O2. The molecule has 0 fully saturated rings. The van der Waals surface area contributed by atoms with Crippen LogP contribution in [0.4, 0.5) is 20.6 Å². The molecule has 0 aliphatic heterocycles. The largest absolute Gasteiger partial charge is 0.497 e. The van der Waals surface area contributed by atoms with Crippen LogP contribution in [0.5, 0.6) is 5.75 Å². The van der Waals surface area contributed by atoms with Crippen LogP contribution in [0.1, 0.15) is 0 Å². The molecule has 0 spiro atoms. The van der Waals surface area contributed by atoms with Gasteiger partial charge >= 0.3 is 6.03 Å². The maximum atomic E-state index is 13.1. The first-order valence-corrected chi connectivity index (χ1v) is 10.5. The smallest absolute Gasteiger partial charge is 0.323 e. The first kappa shape index (κ1) is 21.6. The number of carbonyl (C=O) groups is 1. The summed E-state index contributed by atoms with van der Waals surface area (Å²) in [6.45, 7) is 0. The van der Waals surface area contributed by atoms with E-state index in [1.807, 2.05) is 49.5 Å². The molecule has 0 aliphatic carbocycles. The number of ether oxygens (including phenoxy) is 1. The van der Waals surface area contributed by atoms with Crippen LogP contribution in [-0.2, 0) is 7.05 Å². The van der Waals surface area contributed by atoms with Gasteiger partial charge in [0, 0.05) is 24.0 Å². The van der Waals surface area contributed by atoms with Crippen LogP contribution in [0, 0.1) is 5.82 Å². The van der Waals surface area contributed by atoms with E-state index in [-0.39, 0.29) is 5.82 Å². The van der Waals surface area contributed by atoms with E-state index in [0.717, 1.165) is 32.6 Å². The fourth-order valence-corrected chi connectivity index (χ4v) is 3.93. The second kappa shape index (κ2) is 9.23. The van der Waals surface area contributed by atoms with Gasteiger partial charge in [-0.05, 0) is 81.7 Å². The molecular weight excluding hydrogens is 475 g/mol. The Morgan fingerprint density at radius 3 is 2.22 bits per heavy atom. The number of methoxy groups -OCH3 is 1. The van der Waals surface area contributed by atoms with E-state index in [1.165, 1.54) is 24.3 Å². The molecule has 0 radical (unpaired) electrons. The minimum atomic E-state index is -0.432. The highest BCUT2D eigenvalue weighted by molar-refractivity contribution is 9.10. The average Bonchev–Trinajstić information content (AvgIpc) is 3.13. The van der Waals surface area contributed by atoms with Gasteiger partial charge in [-0.1, -0.05) is 12.1 Å². The van der Waals surface area contributed by atoms with Crippen molar-refractivity contribution in [3.63, 3.8) is 0 Å². The highest BCUT2D eigenvalue weighted by atomic mass is 79.9. The molecule has 162 valence electrons. The Labute approximate surface area is 193 Å². The molecule has 0 atom stereocenters. The summed E-state index contributed by atoms with van der Waals surface area (Å²) in [4.78, 5) is 12.6. The van der Waals surface area contributed by atoms with Crippen molar-refractivity contribution < 1.29 is 13.9 Å². The fourth-order valence-electron chi connectivity index (χ4n) is 3.35. The van der Waals surface area contributed by atoms with Crippen LogP contribution in [-0.4, -0.2) is 22.9 Å². The molecule has 8 heteroatoms. The number of hydrogen-bond donors (Lipinski definition) is 2. The van der Waals surface area contributed by atoms with Crippen LogP contribution in [0.15, 0.2) is 77.4 Å². The van der Waals surface area contributed by atoms with Crippen LogP contribution < -0.4 is 15.4 Å². The van der Waals surface area contributed by atoms with Crippen LogP contribution in [0.3, 0.4) is 0 Å². The molecule has 2 N–H and O–H groups in total. The van der Waals surface area contributed by atoms with E-state index in [4.69, 9.17) is 4.74 Å². The molecule has 2 amide bonds. The fraction of sp³-hybridized carbons (Fsp3) is 0.0833. The number of rotatable bonds is 5. The van der Waals surface area contributed by atoms with E-state index >= 15 is 0 Å². The van der Waals surface area contributed by atoms with Crippen molar-refractivity contribution in [1.82, 2.24) is 9.78 Å². The van der Waals surface area contributed by atoms with Crippen molar-refractivity contribution in [1.29, 1.82) is 0 Å². The topological polar surface area (TPSA) is 68.2 Å². The van der Waals surface area contributed by atoms with E-state index in [9.17, 15) is 9.18 Å². The second-order valence-corrected chi connectivity index (χ2v) is 7.93. The lowest BCUT2D eigenvalue weighted by Gasteiger charge is -2.13. The normalized spacial score (nSPS) is 10.6. The predicted molar refractivity (Wildman–Crippen MR) is 127 cm³/mol. The van der Waals surface area contributed by atoms with Crippen LogP contribution in [0.25, 0.3) is 22.4 Å². The van der Waals surface area contributed by atoms with Crippen molar-refractivity contribution in [2.75, 3.05) is 17.7 Å². The van der Waals surface area contributed by atoms with Crippen LogP contribution >= 0.6 is 15.9 Å². The first-order chi connectivity index (χ1) is 15.4. The standard InChI is InChI=1S/C24H20BrFN4O2/c1-30-23(22(25)14-27-30)17-11-16(15-3-9-21(32-2)10-4-15)12-20(13-17)29-24(31)28-19-7-5-18(26)6-8-19/h3-14H,1-2H3,(H2,28,29,31). The van der Waals surface area contributed by atoms with Gasteiger partial charge in [-0.2, -0.15) is 5.10 Å². The Balaban J connectivity index is 1.69. The van der Waals surface area contributed by atoms with Gasteiger partial charge in [-0.3, -0.25) is 4.68 Å². The third-order valence-corrected chi connectivity index (χ3v) is 5.46. The molecule has 0 aliphatic rings. The lowest BCUT2D eigenvalue weighted by Crippen LogP contribution is -2.19.